The molecule has 3 rings (SSSR count). The number of sulfonamides is 1. The van der Waals surface area contributed by atoms with Gasteiger partial charge in [-0.3, -0.25) is 14.5 Å². The normalized spacial score (nSPS) is 19.7. The lowest BCUT2D eigenvalue weighted by Gasteiger charge is -2.46. The summed E-state index contributed by atoms with van der Waals surface area (Å²) < 4.78 is 27.7. The highest BCUT2D eigenvalue weighted by molar-refractivity contribution is 7.89. The van der Waals surface area contributed by atoms with E-state index in [9.17, 15) is 18.0 Å². The Balaban J connectivity index is 1.99. The number of anilines is 1. The van der Waals surface area contributed by atoms with Crippen molar-refractivity contribution in [2.24, 2.45) is 5.92 Å². The van der Waals surface area contributed by atoms with Gasteiger partial charge in [0.1, 0.15) is 5.54 Å². The van der Waals surface area contributed by atoms with E-state index in [1.54, 1.807) is 25.1 Å². The molecule has 1 heterocycles. The van der Waals surface area contributed by atoms with Gasteiger partial charge in [0.15, 0.2) is 0 Å². The Bertz CT molecular complexity index is 1080. The summed E-state index contributed by atoms with van der Waals surface area (Å²) in [6, 6.07) is 15.5. The van der Waals surface area contributed by atoms with Crippen LogP contribution in [0.2, 0.25) is 0 Å². The molecule has 7 nitrogen and oxygen atoms in total. The van der Waals surface area contributed by atoms with Gasteiger partial charge in [-0.25, -0.2) is 8.42 Å². The van der Waals surface area contributed by atoms with Crippen LogP contribution in [0.3, 0.4) is 0 Å². The van der Waals surface area contributed by atoms with E-state index in [2.05, 4.69) is 19.2 Å². The van der Waals surface area contributed by atoms with Crippen molar-refractivity contribution in [1.29, 1.82) is 0 Å². The third kappa shape index (κ3) is 5.28. The maximum Gasteiger partial charge on any atom is 0.247 e. The Kier molecular flexibility index (Phi) is 7.59. The second-order valence-corrected chi connectivity index (χ2v) is 11.0. The first-order valence-electron chi connectivity index (χ1n) is 11.3. The smallest absolute Gasteiger partial charge is 0.247 e. The van der Waals surface area contributed by atoms with E-state index in [0.717, 1.165) is 22.7 Å². The summed E-state index contributed by atoms with van der Waals surface area (Å²) in [5.41, 5.74) is 0.289. The van der Waals surface area contributed by atoms with Gasteiger partial charge >= 0.3 is 0 Å². The third-order valence-corrected chi connectivity index (χ3v) is 7.82. The summed E-state index contributed by atoms with van der Waals surface area (Å²) in [5, 5.41) is 2.92. The van der Waals surface area contributed by atoms with Gasteiger partial charge in [0.2, 0.25) is 21.8 Å². The summed E-state index contributed by atoms with van der Waals surface area (Å²) in [6.07, 6.45) is 1.64. The maximum atomic E-state index is 13.4. The lowest BCUT2D eigenvalue weighted by Crippen LogP contribution is -2.70. The molecule has 1 atom stereocenters. The Morgan fingerprint density at radius 3 is 2.30 bits per heavy atom. The molecule has 1 fully saturated rings. The molecule has 2 aromatic carbocycles. The first-order valence-corrected chi connectivity index (χ1v) is 12.8. The molecular weight excluding hydrogens is 438 g/mol. The number of rotatable bonds is 8. The van der Waals surface area contributed by atoms with Crippen molar-refractivity contribution in [3.05, 3.63) is 60.2 Å². The van der Waals surface area contributed by atoms with Crippen LogP contribution in [0.1, 0.15) is 39.7 Å². The van der Waals surface area contributed by atoms with Crippen molar-refractivity contribution < 1.29 is 18.0 Å². The maximum absolute atomic E-state index is 13.4. The molecule has 1 aliphatic rings. The largest absolute Gasteiger partial charge is 0.354 e. The van der Waals surface area contributed by atoms with E-state index in [4.69, 9.17) is 0 Å². The van der Waals surface area contributed by atoms with E-state index in [1.807, 2.05) is 31.2 Å². The topological polar surface area (TPSA) is 86.8 Å². The van der Waals surface area contributed by atoms with Crippen LogP contribution in [-0.4, -0.2) is 49.7 Å². The van der Waals surface area contributed by atoms with Crippen molar-refractivity contribution in [3.63, 3.8) is 0 Å². The van der Waals surface area contributed by atoms with E-state index in [1.165, 1.54) is 17.0 Å². The van der Waals surface area contributed by atoms with Crippen molar-refractivity contribution in [1.82, 2.24) is 9.62 Å². The van der Waals surface area contributed by atoms with Crippen LogP contribution < -0.4 is 10.2 Å². The van der Waals surface area contributed by atoms with Gasteiger partial charge in [-0.15, -0.1) is 0 Å². The van der Waals surface area contributed by atoms with Gasteiger partial charge in [-0.05, 0) is 55.5 Å². The molecule has 0 saturated carbocycles. The van der Waals surface area contributed by atoms with Gasteiger partial charge in [-0.2, -0.15) is 4.31 Å². The minimum Gasteiger partial charge on any atom is -0.354 e. The number of nitrogens with zero attached hydrogens (tertiary/aromatic N) is 2. The molecule has 2 aromatic rings. The number of carbonyl (C=O) groups excluding carboxylic acids is 2. The minimum atomic E-state index is -3.94. The molecule has 0 bridgehead atoms. The Labute approximate surface area is 196 Å². The zero-order valence-electron chi connectivity index (χ0n) is 19.7. The third-order valence-electron chi connectivity index (χ3n) is 6.02. The average molecular weight is 472 g/mol. The summed E-state index contributed by atoms with van der Waals surface area (Å²) in [4.78, 5) is 28.4. The van der Waals surface area contributed by atoms with E-state index in [0.29, 0.717) is 18.2 Å². The highest BCUT2D eigenvalue weighted by Crippen LogP contribution is 2.32. The van der Waals surface area contributed by atoms with Crippen LogP contribution in [0, 0.1) is 5.92 Å². The molecule has 8 heteroatoms. The fourth-order valence-corrected chi connectivity index (χ4v) is 5.53. The number of nitrogens with one attached hydrogen (secondary N) is 1. The number of aryl methyl sites for hydroxylation is 1. The second kappa shape index (κ2) is 10.1. The quantitative estimate of drug-likeness (QED) is 0.641. The zero-order valence-corrected chi connectivity index (χ0v) is 20.6. The van der Waals surface area contributed by atoms with Crippen LogP contribution in [0.5, 0.6) is 0 Å². The van der Waals surface area contributed by atoms with Crippen LogP contribution in [0.15, 0.2) is 59.5 Å². The van der Waals surface area contributed by atoms with Gasteiger partial charge in [0.05, 0.1) is 11.4 Å². The SMILES string of the molecule is CCc1ccc(N2C(=O)CN(S(=O)(=O)c3ccccc3)C[C@@]2(C)C(=O)NCCC(C)C)cc1. The Morgan fingerprint density at radius 1 is 1.09 bits per heavy atom. The number of hydrogen-bond acceptors (Lipinski definition) is 4. The van der Waals surface area contributed by atoms with Crippen LogP contribution in [0.4, 0.5) is 5.69 Å². The van der Waals surface area contributed by atoms with E-state index in [-0.39, 0.29) is 23.9 Å². The molecule has 0 unspecified atom stereocenters. The minimum absolute atomic E-state index is 0.0983. The fourth-order valence-electron chi connectivity index (χ4n) is 4.03. The highest BCUT2D eigenvalue weighted by atomic mass is 32.2. The molecule has 178 valence electrons. The molecule has 1 N–H and O–H groups in total. The Morgan fingerprint density at radius 2 is 1.73 bits per heavy atom. The van der Waals surface area contributed by atoms with E-state index < -0.39 is 21.5 Å². The molecule has 2 amide bonds. The molecule has 33 heavy (non-hydrogen) atoms. The van der Waals surface area contributed by atoms with Gasteiger partial charge in [0.25, 0.3) is 0 Å². The predicted molar refractivity (Wildman–Crippen MR) is 129 cm³/mol. The predicted octanol–water partition coefficient (Wildman–Crippen LogP) is 3.21. The number of amides is 2. The number of hydrogen-bond donors (Lipinski definition) is 1. The second-order valence-electron chi connectivity index (χ2n) is 9.05. The van der Waals surface area contributed by atoms with Crippen molar-refractivity contribution >= 4 is 27.5 Å². The summed E-state index contributed by atoms with van der Waals surface area (Å²) in [5.74, 6) is -0.408. The van der Waals surface area contributed by atoms with Gasteiger partial charge < -0.3 is 5.32 Å². The molecule has 0 aromatic heterocycles. The average Bonchev–Trinajstić information content (AvgIpc) is 2.79. The van der Waals surface area contributed by atoms with Crippen molar-refractivity contribution in [2.75, 3.05) is 24.5 Å². The summed E-state index contributed by atoms with van der Waals surface area (Å²) in [6.45, 7) is 7.78. The fraction of sp³-hybridized carbons (Fsp3) is 0.440. The van der Waals surface area contributed by atoms with Crippen LogP contribution >= 0.6 is 0 Å². The molecule has 0 aliphatic carbocycles. The van der Waals surface area contributed by atoms with E-state index >= 15 is 0 Å². The molecule has 1 saturated heterocycles. The molecule has 0 radical (unpaired) electrons. The summed E-state index contributed by atoms with van der Waals surface area (Å²) >= 11 is 0. The number of carbonyl (C=O) groups is 2. The molecular formula is C25H33N3O4S. The lowest BCUT2D eigenvalue weighted by molar-refractivity contribution is -0.132. The van der Waals surface area contributed by atoms with Crippen molar-refractivity contribution in [2.45, 2.75) is 51.0 Å². The monoisotopic (exact) mass is 471 g/mol. The number of benzene rings is 2. The van der Waals surface area contributed by atoms with Crippen LogP contribution in [-0.2, 0) is 26.0 Å². The molecule has 1 aliphatic heterocycles. The number of piperazine rings is 1. The van der Waals surface area contributed by atoms with Crippen molar-refractivity contribution in [3.8, 4) is 0 Å². The highest BCUT2D eigenvalue weighted by Gasteiger charge is 2.51. The Hall–Kier alpha value is -2.71. The molecule has 0 spiro atoms. The van der Waals surface area contributed by atoms with Crippen LogP contribution in [0.25, 0.3) is 0 Å². The lowest BCUT2D eigenvalue weighted by atomic mass is 9.94. The zero-order chi connectivity index (χ0) is 24.2. The summed E-state index contributed by atoms with van der Waals surface area (Å²) in [7, 11) is -3.94. The van der Waals surface area contributed by atoms with Gasteiger partial charge in [0, 0.05) is 18.8 Å². The van der Waals surface area contributed by atoms with Gasteiger partial charge in [-0.1, -0.05) is 51.1 Å². The first kappa shape index (κ1) is 24.9. The standard InChI is InChI=1S/C25H33N3O4S/c1-5-20-11-13-21(14-12-20)28-23(29)17-27(33(31,32)22-9-7-6-8-10-22)18-25(28,4)24(30)26-16-15-19(2)3/h6-14,19H,5,15-18H2,1-4H3,(H,26,30)/t25-/m0/s1. The first-order chi connectivity index (χ1) is 15.6.